The van der Waals surface area contributed by atoms with E-state index < -0.39 is 17.5 Å². The summed E-state index contributed by atoms with van der Waals surface area (Å²) in [5, 5.41) is 14.6. The van der Waals surface area contributed by atoms with Gasteiger partial charge in [-0.25, -0.2) is 8.78 Å². The lowest BCUT2D eigenvalue weighted by Gasteiger charge is -2.25. The molecule has 1 aliphatic rings. The van der Waals surface area contributed by atoms with E-state index in [4.69, 9.17) is 0 Å². The molecule has 3 N–H and O–H groups in total. The van der Waals surface area contributed by atoms with Crippen molar-refractivity contribution in [2.24, 2.45) is 5.92 Å². The number of aliphatic hydroxyl groups excluding tert-OH is 1. The van der Waals surface area contributed by atoms with Crippen molar-refractivity contribution in [3.05, 3.63) is 35.4 Å². The van der Waals surface area contributed by atoms with Crippen molar-refractivity contribution >= 4 is 11.8 Å². The van der Waals surface area contributed by atoms with E-state index in [9.17, 15) is 23.5 Å². The predicted molar refractivity (Wildman–Crippen MR) is 79.7 cm³/mol. The smallest absolute Gasteiger partial charge is 0.251 e. The topological polar surface area (TPSA) is 78.4 Å². The van der Waals surface area contributed by atoms with Crippen molar-refractivity contribution in [3.63, 3.8) is 0 Å². The van der Waals surface area contributed by atoms with Crippen molar-refractivity contribution in [1.29, 1.82) is 0 Å². The third-order valence-electron chi connectivity index (χ3n) is 3.93. The van der Waals surface area contributed by atoms with Crippen LogP contribution in [-0.4, -0.2) is 36.1 Å². The zero-order chi connectivity index (χ0) is 16.8. The van der Waals surface area contributed by atoms with E-state index in [1.165, 1.54) is 0 Å². The van der Waals surface area contributed by atoms with Gasteiger partial charge in [0.15, 0.2) is 11.6 Å². The highest BCUT2D eigenvalue weighted by Crippen LogP contribution is 2.23. The molecule has 1 aromatic rings. The number of aliphatic hydroxyl groups is 1. The molecule has 2 unspecified atom stereocenters. The first-order chi connectivity index (χ1) is 11.0. The highest BCUT2D eigenvalue weighted by Gasteiger charge is 2.20. The zero-order valence-corrected chi connectivity index (χ0v) is 12.6. The molecule has 5 nitrogen and oxygen atoms in total. The van der Waals surface area contributed by atoms with Gasteiger partial charge in [-0.3, -0.25) is 9.59 Å². The molecule has 0 spiro atoms. The average Bonchev–Trinajstić information content (AvgIpc) is 2.53. The van der Waals surface area contributed by atoms with Crippen LogP contribution in [0.4, 0.5) is 8.78 Å². The van der Waals surface area contributed by atoms with E-state index in [0.717, 1.165) is 37.5 Å². The molecular weight excluding hydrogens is 306 g/mol. The van der Waals surface area contributed by atoms with Crippen LogP contribution in [0.3, 0.4) is 0 Å². The number of hydrogen-bond acceptors (Lipinski definition) is 3. The normalized spacial score (nSPS) is 20.8. The fourth-order valence-corrected chi connectivity index (χ4v) is 2.67. The van der Waals surface area contributed by atoms with Gasteiger partial charge in [0.1, 0.15) is 0 Å². The van der Waals surface area contributed by atoms with Gasteiger partial charge in [0.25, 0.3) is 5.91 Å². The van der Waals surface area contributed by atoms with Crippen LogP contribution in [0.1, 0.15) is 36.0 Å². The summed E-state index contributed by atoms with van der Waals surface area (Å²) in [6.45, 7) is 0.212. The lowest BCUT2D eigenvalue weighted by molar-refractivity contribution is -0.120. The molecule has 2 amide bonds. The van der Waals surface area contributed by atoms with Crippen molar-refractivity contribution < 1.29 is 23.5 Å². The highest BCUT2D eigenvalue weighted by molar-refractivity contribution is 5.96. The molecule has 1 saturated carbocycles. The molecule has 0 aromatic heterocycles. The molecule has 1 aromatic carbocycles. The molecule has 0 radical (unpaired) electrons. The van der Waals surface area contributed by atoms with Crippen LogP contribution >= 0.6 is 0 Å². The number of rotatable bonds is 5. The second kappa shape index (κ2) is 8.01. The molecule has 0 saturated heterocycles. The predicted octanol–water partition coefficient (Wildman–Crippen LogP) is 1.36. The fraction of sp³-hybridized carbons (Fsp3) is 0.500. The van der Waals surface area contributed by atoms with Gasteiger partial charge in [-0.2, -0.15) is 0 Å². The van der Waals surface area contributed by atoms with Gasteiger partial charge < -0.3 is 15.7 Å². The summed E-state index contributed by atoms with van der Waals surface area (Å²) < 4.78 is 25.8. The van der Waals surface area contributed by atoms with Crippen molar-refractivity contribution in [2.75, 3.05) is 13.1 Å². The first kappa shape index (κ1) is 17.3. The van der Waals surface area contributed by atoms with E-state index in [0.29, 0.717) is 13.0 Å². The maximum absolute atomic E-state index is 13.0. The maximum Gasteiger partial charge on any atom is 0.251 e. The SMILES string of the molecule is O=C(CNC(=O)c1ccc(F)c(F)c1)NCC1CCCC(O)C1. The highest BCUT2D eigenvalue weighted by atomic mass is 19.2. The second-order valence-corrected chi connectivity index (χ2v) is 5.80. The number of nitrogens with one attached hydrogen (secondary N) is 2. The summed E-state index contributed by atoms with van der Waals surface area (Å²) in [5.41, 5.74) is -0.0490. The third kappa shape index (κ3) is 5.28. The first-order valence-corrected chi connectivity index (χ1v) is 7.63. The van der Waals surface area contributed by atoms with Gasteiger partial charge >= 0.3 is 0 Å². The number of hydrogen-bond donors (Lipinski definition) is 3. The van der Waals surface area contributed by atoms with E-state index in [-0.39, 0.29) is 30.0 Å². The van der Waals surface area contributed by atoms with Gasteiger partial charge in [-0.05, 0) is 43.4 Å². The lowest BCUT2D eigenvalue weighted by Crippen LogP contribution is -2.40. The number of carbonyl (C=O) groups excluding carboxylic acids is 2. The van der Waals surface area contributed by atoms with Crippen molar-refractivity contribution in [3.8, 4) is 0 Å². The largest absolute Gasteiger partial charge is 0.393 e. The molecule has 23 heavy (non-hydrogen) atoms. The summed E-state index contributed by atoms with van der Waals surface area (Å²) in [7, 11) is 0. The standard InChI is InChI=1S/C16H20F2N2O3/c17-13-5-4-11(7-14(13)18)16(23)20-9-15(22)19-8-10-2-1-3-12(21)6-10/h4-5,7,10,12,21H,1-3,6,8-9H2,(H,19,22)(H,20,23). The quantitative estimate of drug-likeness (QED) is 0.764. The van der Waals surface area contributed by atoms with Crippen LogP contribution < -0.4 is 10.6 Å². The van der Waals surface area contributed by atoms with Gasteiger partial charge in [0.05, 0.1) is 12.6 Å². The first-order valence-electron chi connectivity index (χ1n) is 7.63. The molecule has 1 fully saturated rings. The average molecular weight is 326 g/mol. The Bertz CT molecular complexity index is 580. The summed E-state index contributed by atoms with van der Waals surface area (Å²) in [4.78, 5) is 23.4. The Morgan fingerprint density at radius 2 is 1.96 bits per heavy atom. The van der Waals surface area contributed by atoms with Crippen LogP contribution in [0.5, 0.6) is 0 Å². The molecule has 126 valence electrons. The molecule has 7 heteroatoms. The summed E-state index contributed by atoms with van der Waals surface area (Å²) >= 11 is 0. The van der Waals surface area contributed by atoms with Gasteiger partial charge in [-0.15, -0.1) is 0 Å². The van der Waals surface area contributed by atoms with Crippen molar-refractivity contribution in [1.82, 2.24) is 10.6 Å². The van der Waals surface area contributed by atoms with Gasteiger partial charge in [-0.1, -0.05) is 6.42 Å². The maximum atomic E-state index is 13.0. The zero-order valence-electron chi connectivity index (χ0n) is 12.6. The third-order valence-corrected chi connectivity index (χ3v) is 3.93. The summed E-state index contributed by atoms with van der Waals surface area (Å²) in [6, 6.07) is 2.79. The molecule has 0 aliphatic heterocycles. The van der Waals surface area contributed by atoms with E-state index in [1.807, 2.05) is 0 Å². The van der Waals surface area contributed by atoms with Gasteiger partial charge in [0, 0.05) is 12.1 Å². The molecular formula is C16H20F2N2O3. The molecule has 2 atom stereocenters. The Morgan fingerprint density at radius 1 is 1.17 bits per heavy atom. The second-order valence-electron chi connectivity index (χ2n) is 5.80. The Kier molecular flexibility index (Phi) is 6.04. The minimum atomic E-state index is -1.11. The Morgan fingerprint density at radius 3 is 2.65 bits per heavy atom. The lowest BCUT2D eigenvalue weighted by atomic mass is 9.87. The molecule has 0 heterocycles. The number of amides is 2. The minimum absolute atomic E-state index is 0.0490. The Labute approximate surface area is 133 Å². The number of benzene rings is 1. The monoisotopic (exact) mass is 326 g/mol. The van der Waals surface area contributed by atoms with Gasteiger partial charge in [0.2, 0.25) is 5.91 Å². The molecule has 2 rings (SSSR count). The van der Waals surface area contributed by atoms with Crippen LogP contribution in [0.15, 0.2) is 18.2 Å². The summed E-state index contributed by atoms with van der Waals surface area (Å²) in [5.74, 6) is -2.91. The summed E-state index contributed by atoms with van der Waals surface area (Å²) in [6.07, 6.45) is 3.06. The number of halogens is 2. The van der Waals surface area contributed by atoms with E-state index in [2.05, 4.69) is 10.6 Å². The Balaban J connectivity index is 1.73. The fourth-order valence-electron chi connectivity index (χ4n) is 2.67. The minimum Gasteiger partial charge on any atom is -0.393 e. The van der Waals surface area contributed by atoms with Crippen molar-refractivity contribution in [2.45, 2.75) is 31.8 Å². The molecule has 0 bridgehead atoms. The van der Waals surface area contributed by atoms with E-state index in [1.54, 1.807) is 0 Å². The van der Waals surface area contributed by atoms with Crippen LogP contribution in [0.25, 0.3) is 0 Å². The Hall–Kier alpha value is -2.02. The van der Waals surface area contributed by atoms with E-state index >= 15 is 0 Å². The van der Waals surface area contributed by atoms with Crippen LogP contribution in [0.2, 0.25) is 0 Å². The molecule has 1 aliphatic carbocycles. The number of carbonyl (C=O) groups is 2. The van der Waals surface area contributed by atoms with Crippen LogP contribution in [0, 0.1) is 17.6 Å². The van der Waals surface area contributed by atoms with Crippen LogP contribution in [-0.2, 0) is 4.79 Å².